The van der Waals surface area contributed by atoms with Crippen LogP contribution in [-0.4, -0.2) is 49.0 Å². The Bertz CT molecular complexity index is 1310. The van der Waals surface area contributed by atoms with Gasteiger partial charge < -0.3 is 11.1 Å². The highest BCUT2D eigenvalue weighted by Crippen LogP contribution is 2.31. The van der Waals surface area contributed by atoms with Crippen LogP contribution >= 0.6 is 0 Å². The molecule has 9 nitrogen and oxygen atoms in total. The average Bonchev–Trinajstić information content (AvgIpc) is 3.50. The van der Waals surface area contributed by atoms with E-state index in [2.05, 4.69) is 20.4 Å². The van der Waals surface area contributed by atoms with E-state index in [1.165, 1.54) is 29.9 Å². The predicted molar refractivity (Wildman–Crippen MR) is 118 cm³/mol. The molecule has 1 fully saturated rings. The monoisotopic (exact) mass is 458 g/mol. The lowest BCUT2D eigenvalue weighted by Gasteiger charge is -2.10. The van der Waals surface area contributed by atoms with Gasteiger partial charge in [0.2, 0.25) is 10.0 Å². The highest BCUT2D eigenvalue weighted by Gasteiger charge is 2.28. The highest BCUT2D eigenvalue weighted by molar-refractivity contribution is 7.89. The van der Waals surface area contributed by atoms with Crippen LogP contribution in [0.2, 0.25) is 0 Å². The molecule has 0 radical (unpaired) electrons. The summed E-state index contributed by atoms with van der Waals surface area (Å²) in [5.41, 5.74) is 7.59. The van der Waals surface area contributed by atoms with E-state index in [1.54, 1.807) is 24.3 Å². The van der Waals surface area contributed by atoms with Crippen molar-refractivity contribution >= 4 is 27.0 Å². The molecule has 0 bridgehead atoms. The number of amides is 1. The predicted octanol–water partition coefficient (Wildman–Crippen LogP) is 1.71. The zero-order valence-electron chi connectivity index (χ0n) is 17.4. The van der Waals surface area contributed by atoms with Crippen molar-refractivity contribution in [1.82, 2.24) is 25.0 Å². The minimum absolute atomic E-state index is 0.0247. The van der Waals surface area contributed by atoms with Gasteiger partial charge in [0.25, 0.3) is 5.91 Å². The number of sulfonamides is 1. The maximum atomic E-state index is 14.1. The van der Waals surface area contributed by atoms with E-state index in [1.807, 2.05) is 0 Å². The first-order valence-corrected chi connectivity index (χ1v) is 11.6. The number of benzene rings is 2. The van der Waals surface area contributed by atoms with Gasteiger partial charge in [0, 0.05) is 30.8 Å². The number of nitrogens with two attached hydrogens (primary N) is 1. The summed E-state index contributed by atoms with van der Waals surface area (Å²) in [7, 11) is -2.17. The fourth-order valence-corrected chi connectivity index (χ4v) is 4.69. The SMILES string of the molecule is CNC(=O)c1cc(-c2cccc(S(=O)(=O)NC3CC3)c2)c2nnn(C/C(F)=C/CN)c2c1. The number of carbonyl (C=O) groups excluding carboxylic acids is 1. The van der Waals surface area contributed by atoms with Crippen LogP contribution in [0.4, 0.5) is 4.39 Å². The molecule has 1 saturated carbocycles. The molecule has 3 aromatic rings. The maximum Gasteiger partial charge on any atom is 0.251 e. The van der Waals surface area contributed by atoms with Crippen LogP contribution in [0.25, 0.3) is 22.2 Å². The van der Waals surface area contributed by atoms with Crippen LogP contribution in [0.5, 0.6) is 0 Å². The zero-order valence-corrected chi connectivity index (χ0v) is 18.2. The third-order valence-corrected chi connectivity index (χ3v) is 6.62. The Hall–Kier alpha value is -3.15. The number of fused-ring (bicyclic) bond motifs is 1. The fourth-order valence-electron chi connectivity index (χ4n) is 3.34. The second kappa shape index (κ2) is 8.77. The molecule has 11 heteroatoms. The quantitative estimate of drug-likeness (QED) is 0.471. The van der Waals surface area contributed by atoms with Crippen molar-refractivity contribution in [3.8, 4) is 11.1 Å². The zero-order chi connectivity index (χ0) is 22.9. The Kier molecular flexibility index (Phi) is 6.04. The van der Waals surface area contributed by atoms with E-state index in [0.29, 0.717) is 27.7 Å². The topological polar surface area (TPSA) is 132 Å². The van der Waals surface area contributed by atoms with E-state index < -0.39 is 15.9 Å². The molecule has 168 valence electrons. The van der Waals surface area contributed by atoms with Crippen molar-refractivity contribution in [1.29, 1.82) is 0 Å². The summed E-state index contributed by atoms with van der Waals surface area (Å²) in [5.74, 6) is -0.830. The molecular formula is C21H23FN6O3S. The maximum absolute atomic E-state index is 14.1. The van der Waals surface area contributed by atoms with Gasteiger partial charge in [0.05, 0.1) is 17.0 Å². The van der Waals surface area contributed by atoms with Gasteiger partial charge in [-0.05, 0) is 48.7 Å². The van der Waals surface area contributed by atoms with Gasteiger partial charge in [-0.15, -0.1) is 5.10 Å². The molecule has 1 aliphatic rings. The minimum Gasteiger partial charge on any atom is -0.355 e. The van der Waals surface area contributed by atoms with Crippen LogP contribution in [0.15, 0.2) is 53.2 Å². The molecule has 32 heavy (non-hydrogen) atoms. The molecule has 4 rings (SSSR count). The average molecular weight is 459 g/mol. The number of hydrogen-bond donors (Lipinski definition) is 3. The first kappa shape index (κ1) is 22.1. The van der Waals surface area contributed by atoms with E-state index >= 15 is 0 Å². The lowest BCUT2D eigenvalue weighted by atomic mass is 10.0. The Balaban J connectivity index is 1.84. The molecule has 0 saturated heterocycles. The summed E-state index contributed by atoms with van der Waals surface area (Å²) >= 11 is 0. The molecule has 0 unspecified atom stereocenters. The number of carbonyl (C=O) groups is 1. The minimum atomic E-state index is -3.67. The van der Waals surface area contributed by atoms with Crippen molar-refractivity contribution in [2.45, 2.75) is 30.3 Å². The number of allylic oxidation sites excluding steroid dienone is 1. The Morgan fingerprint density at radius 2 is 2.09 bits per heavy atom. The van der Waals surface area contributed by atoms with E-state index in [4.69, 9.17) is 5.73 Å². The smallest absolute Gasteiger partial charge is 0.251 e. The van der Waals surface area contributed by atoms with E-state index in [-0.39, 0.29) is 29.9 Å². The number of nitrogens with one attached hydrogen (secondary N) is 2. The van der Waals surface area contributed by atoms with Crippen molar-refractivity contribution < 1.29 is 17.6 Å². The summed E-state index contributed by atoms with van der Waals surface area (Å²) < 4.78 is 43.4. The molecular weight excluding hydrogens is 435 g/mol. The first-order valence-electron chi connectivity index (χ1n) is 10.1. The molecule has 0 spiro atoms. The Morgan fingerprint density at radius 3 is 2.78 bits per heavy atom. The van der Waals surface area contributed by atoms with Crippen molar-refractivity contribution in [2.24, 2.45) is 5.73 Å². The van der Waals surface area contributed by atoms with Crippen LogP contribution < -0.4 is 15.8 Å². The van der Waals surface area contributed by atoms with Gasteiger partial charge in [-0.3, -0.25) is 4.79 Å². The summed E-state index contributed by atoms with van der Waals surface area (Å²) in [6.45, 7) is -0.145. The normalized spacial score (nSPS) is 14.7. The fraction of sp³-hybridized carbons (Fsp3) is 0.286. The van der Waals surface area contributed by atoms with Gasteiger partial charge in [-0.25, -0.2) is 22.2 Å². The van der Waals surface area contributed by atoms with Crippen molar-refractivity contribution in [3.05, 3.63) is 53.9 Å². The number of rotatable bonds is 8. The molecule has 0 aliphatic heterocycles. The van der Waals surface area contributed by atoms with Gasteiger partial charge in [0.15, 0.2) is 0 Å². The van der Waals surface area contributed by atoms with Crippen molar-refractivity contribution in [3.63, 3.8) is 0 Å². The molecule has 1 aromatic heterocycles. The lowest BCUT2D eigenvalue weighted by Crippen LogP contribution is -2.25. The van der Waals surface area contributed by atoms with Gasteiger partial charge >= 0.3 is 0 Å². The molecule has 2 aromatic carbocycles. The summed E-state index contributed by atoms with van der Waals surface area (Å²) in [6, 6.07) is 9.56. The Morgan fingerprint density at radius 1 is 1.31 bits per heavy atom. The number of halogens is 1. The largest absolute Gasteiger partial charge is 0.355 e. The summed E-state index contributed by atoms with van der Waals surface area (Å²) in [5, 5.41) is 10.8. The second-order valence-corrected chi connectivity index (χ2v) is 9.24. The Labute approximate surface area is 184 Å². The summed E-state index contributed by atoms with van der Waals surface area (Å²) in [4.78, 5) is 12.5. The highest BCUT2D eigenvalue weighted by atomic mass is 32.2. The lowest BCUT2D eigenvalue weighted by molar-refractivity contribution is 0.0963. The van der Waals surface area contributed by atoms with Crippen molar-refractivity contribution in [2.75, 3.05) is 13.6 Å². The standard InChI is InChI=1S/C21H23FN6O3S/c1-24-21(29)14-10-18(20-19(11-14)28(27-25-20)12-15(22)7-8-23)13-3-2-4-17(9-13)32(30,31)26-16-5-6-16/h2-4,7,9-11,16,26H,5-6,8,12,23H2,1H3,(H,24,29)/b15-7-. The molecule has 1 heterocycles. The second-order valence-electron chi connectivity index (χ2n) is 7.53. The van der Waals surface area contributed by atoms with Crippen LogP contribution in [0, 0.1) is 0 Å². The first-order chi connectivity index (χ1) is 15.3. The van der Waals surface area contributed by atoms with E-state index in [9.17, 15) is 17.6 Å². The number of nitrogens with zero attached hydrogens (tertiary/aromatic N) is 3. The van der Waals surface area contributed by atoms with Crippen LogP contribution in [0.3, 0.4) is 0 Å². The third-order valence-electron chi connectivity index (χ3n) is 5.10. The molecule has 1 aliphatic carbocycles. The third kappa shape index (κ3) is 4.54. The molecule has 0 atom stereocenters. The summed E-state index contributed by atoms with van der Waals surface area (Å²) in [6.07, 6.45) is 2.89. The van der Waals surface area contributed by atoms with Gasteiger partial charge in [-0.1, -0.05) is 17.3 Å². The van der Waals surface area contributed by atoms with Crippen LogP contribution in [0.1, 0.15) is 23.2 Å². The van der Waals surface area contributed by atoms with Gasteiger partial charge in [-0.2, -0.15) is 0 Å². The molecule has 1 amide bonds. The molecule has 4 N–H and O–H groups in total. The number of aromatic nitrogens is 3. The van der Waals surface area contributed by atoms with Gasteiger partial charge in [0.1, 0.15) is 11.3 Å². The van der Waals surface area contributed by atoms with Crippen LogP contribution in [-0.2, 0) is 16.6 Å². The number of hydrogen-bond acceptors (Lipinski definition) is 6. The van der Waals surface area contributed by atoms with E-state index in [0.717, 1.165) is 12.8 Å².